The summed E-state index contributed by atoms with van der Waals surface area (Å²) < 4.78 is 22.6. The number of nitrogens with two attached hydrogens (primary N) is 5. The Hall–Kier alpha value is -6.00. The molecule has 2 amide bonds. The number of nitriles is 2. The van der Waals surface area contributed by atoms with Crippen LogP contribution in [0.15, 0.2) is 63.2 Å². The predicted molar refractivity (Wildman–Crippen MR) is 250 cm³/mol. The zero-order valence-electron chi connectivity index (χ0n) is 37.3. The fraction of sp³-hybridized carbons (Fsp3) is 0.467. The Morgan fingerprint density at radius 3 is 2.08 bits per heavy atom. The lowest BCUT2D eigenvalue weighted by Gasteiger charge is -2.19. The van der Waals surface area contributed by atoms with Gasteiger partial charge in [0.2, 0.25) is 17.7 Å². The molecular formula is C45H60ClN11O8S. The topological polar surface area (TPSA) is 337 Å². The fourth-order valence-corrected chi connectivity index (χ4v) is 6.93. The van der Waals surface area contributed by atoms with Crippen molar-refractivity contribution in [1.82, 2.24) is 20.6 Å². The van der Waals surface area contributed by atoms with Gasteiger partial charge in [-0.3, -0.25) is 19.2 Å². The standard InChI is InChI=1S/C45H60ClN11O8S/c1-3-30(46)13-10-28(2)44-56-31(24-64-44)27-66-45-35(23-50)40(34(22-49)41(53)57-45)29-11-14-32(15-12-29)62-25-33(65-39(59)17-21-55-43(61)37(52)9-5-7-19-48)26-63-38(58)16-20-54-42(60)36(51)8-4-6-18-47/h3,10-15,24,28,33,36-37H,4-9,16-21,25-27,47-48,51-52H2,1-2H3,(H2,53,57)(H,54,60)(H,55,61)/b13-10-,30-3+/t28?,33-,36-,37-/m0/s1. The molecule has 12 N–H and O–H groups in total. The van der Waals surface area contributed by atoms with E-state index < -0.39 is 48.5 Å². The summed E-state index contributed by atoms with van der Waals surface area (Å²) in [6.45, 7) is 4.00. The van der Waals surface area contributed by atoms with Crippen LogP contribution >= 0.6 is 23.4 Å². The van der Waals surface area contributed by atoms with Gasteiger partial charge >= 0.3 is 11.9 Å². The van der Waals surface area contributed by atoms with Crippen LogP contribution in [-0.2, 0) is 34.4 Å². The van der Waals surface area contributed by atoms with Crippen LogP contribution in [0.5, 0.6) is 5.75 Å². The molecule has 2 aromatic heterocycles. The average molecular weight is 951 g/mol. The van der Waals surface area contributed by atoms with Crippen molar-refractivity contribution in [3.8, 4) is 29.0 Å². The van der Waals surface area contributed by atoms with E-state index in [9.17, 15) is 29.7 Å². The number of allylic oxidation sites excluding steroid dienone is 4. The predicted octanol–water partition coefficient (Wildman–Crippen LogP) is 3.92. The van der Waals surface area contributed by atoms with Crippen LogP contribution in [0.3, 0.4) is 0 Å². The molecule has 1 unspecified atom stereocenters. The molecule has 0 aliphatic rings. The van der Waals surface area contributed by atoms with Gasteiger partial charge in [-0.25, -0.2) is 9.97 Å². The molecule has 0 fully saturated rings. The first-order valence-corrected chi connectivity index (χ1v) is 22.9. The molecule has 66 heavy (non-hydrogen) atoms. The van der Waals surface area contributed by atoms with Crippen molar-refractivity contribution < 1.29 is 37.8 Å². The van der Waals surface area contributed by atoms with E-state index in [1.54, 1.807) is 36.4 Å². The van der Waals surface area contributed by atoms with Crippen molar-refractivity contribution in [2.45, 2.75) is 100 Å². The number of hydrogen-bond acceptors (Lipinski definition) is 18. The number of halogens is 1. The number of esters is 2. The Kier molecular flexibility index (Phi) is 24.3. The van der Waals surface area contributed by atoms with Crippen LogP contribution in [0.25, 0.3) is 11.1 Å². The van der Waals surface area contributed by atoms with Gasteiger partial charge in [0.05, 0.1) is 42.1 Å². The Balaban J connectivity index is 1.71. The number of pyridine rings is 1. The summed E-state index contributed by atoms with van der Waals surface area (Å²) in [6.07, 6.45) is 9.18. The Morgan fingerprint density at radius 1 is 0.894 bits per heavy atom. The zero-order valence-corrected chi connectivity index (χ0v) is 38.8. The van der Waals surface area contributed by atoms with Crippen molar-refractivity contribution >= 4 is 52.9 Å². The molecule has 0 aliphatic heterocycles. The Morgan fingerprint density at radius 2 is 1.50 bits per heavy atom. The number of amides is 2. The van der Waals surface area contributed by atoms with Crippen LogP contribution < -0.4 is 44.0 Å². The molecule has 0 saturated carbocycles. The van der Waals surface area contributed by atoms with E-state index in [1.165, 1.54) is 18.0 Å². The summed E-state index contributed by atoms with van der Waals surface area (Å²) >= 11 is 7.28. The first-order valence-electron chi connectivity index (χ1n) is 21.5. The molecule has 0 saturated heterocycles. The van der Waals surface area contributed by atoms with Crippen molar-refractivity contribution in [2.24, 2.45) is 22.9 Å². The molecule has 0 spiro atoms. The highest BCUT2D eigenvalue weighted by molar-refractivity contribution is 7.98. The summed E-state index contributed by atoms with van der Waals surface area (Å²) in [5.74, 6) is -1.35. The number of nitrogen functional groups attached to an aromatic ring is 1. The molecule has 4 atom stereocenters. The number of rotatable bonds is 29. The number of aromatic nitrogens is 2. The first kappa shape index (κ1) is 54.3. The normalized spacial score (nSPS) is 13.2. The Labute approximate surface area is 394 Å². The van der Waals surface area contributed by atoms with E-state index in [0.29, 0.717) is 66.7 Å². The molecule has 356 valence electrons. The zero-order chi connectivity index (χ0) is 48.4. The average Bonchev–Trinajstić information content (AvgIpc) is 3.80. The van der Waals surface area contributed by atoms with E-state index in [4.69, 9.17) is 58.9 Å². The van der Waals surface area contributed by atoms with E-state index >= 15 is 0 Å². The number of anilines is 1. The molecule has 21 heteroatoms. The van der Waals surface area contributed by atoms with Crippen LogP contribution in [0, 0.1) is 22.7 Å². The van der Waals surface area contributed by atoms with Gasteiger partial charge in [-0.2, -0.15) is 10.5 Å². The number of ether oxygens (including phenoxy) is 3. The minimum absolute atomic E-state index is 0.0113. The number of hydrogen-bond donors (Lipinski definition) is 7. The number of carbonyl (C=O) groups is 4. The highest BCUT2D eigenvalue weighted by atomic mass is 35.5. The smallest absolute Gasteiger partial charge is 0.308 e. The third kappa shape index (κ3) is 18.5. The molecule has 3 aromatic rings. The fourth-order valence-electron chi connectivity index (χ4n) is 5.99. The number of thioether (sulfide) groups is 1. The largest absolute Gasteiger partial charge is 0.490 e. The van der Waals surface area contributed by atoms with E-state index in [-0.39, 0.29) is 71.7 Å². The second kappa shape index (κ2) is 29.5. The minimum Gasteiger partial charge on any atom is -0.490 e. The van der Waals surface area contributed by atoms with E-state index in [1.807, 2.05) is 19.9 Å². The van der Waals surface area contributed by atoms with Gasteiger partial charge in [-0.1, -0.05) is 67.4 Å². The van der Waals surface area contributed by atoms with Crippen LogP contribution in [0.2, 0.25) is 0 Å². The molecule has 1 aromatic carbocycles. The van der Waals surface area contributed by atoms with Crippen molar-refractivity contribution in [3.63, 3.8) is 0 Å². The summed E-state index contributed by atoms with van der Waals surface area (Å²) in [6, 6.07) is 9.16. The second-order valence-corrected chi connectivity index (χ2v) is 16.3. The molecule has 0 aliphatic carbocycles. The number of nitrogens with one attached hydrogen (secondary N) is 2. The SMILES string of the molecule is C/C=C(Cl)\C=C/C(C)c1nc(CSc2nc(N)c(C#N)c(-c3ccc(OC[C@@H](COC(=O)CCNC(=O)[C@@H](N)CCCCN)OC(=O)CCNC(=O)[C@@H](N)CCCCN)cc3)c2C#N)co1. The third-order valence-electron chi connectivity index (χ3n) is 9.73. The molecular weight excluding hydrogens is 890 g/mol. The minimum atomic E-state index is -1.09. The van der Waals surface area contributed by atoms with Gasteiger partial charge in [-0.15, -0.1) is 0 Å². The summed E-state index contributed by atoms with van der Waals surface area (Å²) in [5.41, 5.74) is 30.6. The van der Waals surface area contributed by atoms with Crippen LogP contribution in [0.4, 0.5) is 5.82 Å². The lowest BCUT2D eigenvalue weighted by atomic mass is 9.97. The number of nitrogens with zero attached hydrogens (tertiary/aromatic N) is 4. The maximum atomic E-state index is 12.9. The first-order chi connectivity index (χ1) is 31.7. The third-order valence-corrected chi connectivity index (χ3v) is 11.1. The van der Waals surface area contributed by atoms with Crippen molar-refractivity contribution in [3.05, 3.63) is 76.5 Å². The van der Waals surface area contributed by atoms with Crippen LogP contribution in [0.1, 0.15) is 93.8 Å². The lowest BCUT2D eigenvalue weighted by molar-refractivity contribution is -0.160. The number of benzene rings is 1. The highest BCUT2D eigenvalue weighted by Gasteiger charge is 2.23. The highest BCUT2D eigenvalue weighted by Crippen LogP contribution is 2.37. The second-order valence-electron chi connectivity index (χ2n) is 14.9. The lowest BCUT2D eigenvalue weighted by Crippen LogP contribution is -2.41. The summed E-state index contributed by atoms with van der Waals surface area (Å²) in [5, 5.41) is 26.5. The quantitative estimate of drug-likeness (QED) is 0.0224. The van der Waals surface area contributed by atoms with Crippen molar-refractivity contribution in [2.75, 3.05) is 45.1 Å². The molecule has 2 heterocycles. The summed E-state index contributed by atoms with van der Waals surface area (Å²) in [4.78, 5) is 59.1. The van der Waals surface area contributed by atoms with Crippen LogP contribution in [-0.4, -0.2) is 91.3 Å². The van der Waals surface area contributed by atoms with Gasteiger partial charge in [0.1, 0.15) is 53.8 Å². The number of oxazole rings is 1. The maximum absolute atomic E-state index is 12.9. The Bertz CT molecular complexity index is 2210. The number of unbranched alkanes of at least 4 members (excludes halogenated alkanes) is 2. The number of carbonyl (C=O) groups excluding carboxylic acids is 4. The monoisotopic (exact) mass is 949 g/mol. The van der Waals surface area contributed by atoms with E-state index in [2.05, 4.69) is 32.7 Å². The van der Waals surface area contributed by atoms with Crippen molar-refractivity contribution in [1.29, 1.82) is 10.5 Å². The molecule has 0 bridgehead atoms. The maximum Gasteiger partial charge on any atom is 0.308 e. The van der Waals surface area contributed by atoms with Gasteiger partial charge in [0.25, 0.3) is 0 Å². The van der Waals surface area contributed by atoms with Gasteiger partial charge in [0.15, 0.2) is 6.10 Å². The molecule has 0 radical (unpaired) electrons. The van der Waals surface area contributed by atoms with Gasteiger partial charge < -0.3 is 57.9 Å². The molecule has 19 nitrogen and oxygen atoms in total. The van der Waals surface area contributed by atoms with E-state index in [0.717, 1.165) is 12.8 Å². The van der Waals surface area contributed by atoms with Gasteiger partial charge in [0, 0.05) is 29.4 Å². The molecule has 3 rings (SSSR count). The summed E-state index contributed by atoms with van der Waals surface area (Å²) in [7, 11) is 0. The van der Waals surface area contributed by atoms with Gasteiger partial charge in [-0.05, 0) is 69.5 Å².